The lowest BCUT2D eigenvalue weighted by molar-refractivity contribution is -0.0381. The van der Waals surface area contributed by atoms with Crippen molar-refractivity contribution in [2.45, 2.75) is 17.6 Å². The number of carbonyl (C=O) groups excluding carboxylic acids is 1. The van der Waals surface area contributed by atoms with E-state index in [2.05, 4.69) is 48.1 Å². The lowest BCUT2D eigenvalue weighted by atomic mass is 10.1. The van der Waals surface area contributed by atoms with Crippen LogP contribution in [0.25, 0.3) is 0 Å². The largest absolute Gasteiger partial charge is 0.481 e. The van der Waals surface area contributed by atoms with Gasteiger partial charge < -0.3 is 19.0 Å². The van der Waals surface area contributed by atoms with Crippen LogP contribution in [0, 0.1) is 0 Å². The lowest BCUT2D eigenvalue weighted by Gasteiger charge is -2.31. The topological polar surface area (TPSA) is 168 Å². The van der Waals surface area contributed by atoms with E-state index < -0.39 is 26.7 Å². The summed E-state index contributed by atoms with van der Waals surface area (Å²) >= 11 is 8.27. The number of halogens is 2. The van der Waals surface area contributed by atoms with Gasteiger partial charge in [-0.1, -0.05) is 34.2 Å². The highest BCUT2D eigenvalue weighted by Gasteiger charge is 2.38. The third kappa shape index (κ3) is 5.49. The number of hydrogen-bond acceptors (Lipinski definition) is 11. The van der Waals surface area contributed by atoms with Gasteiger partial charge in [0.1, 0.15) is 5.56 Å². The number of oxime groups is 1. The average molecular weight is 616 g/mol. The first-order chi connectivity index (χ1) is 15.5. The van der Waals surface area contributed by atoms with Crippen molar-refractivity contribution in [2.75, 3.05) is 30.6 Å². The first kappa shape index (κ1) is 25.0. The Morgan fingerprint density at radius 3 is 2.55 bits per heavy atom. The van der Waals surface area contributed by atoms with Gasteiger partial charge in [-0.3, -0.25) is 10.00 Å². The van der Waals surface area contributed by atoms with Crippen molar-refractivity contribution in [3.8, 4) is 11.8 Å². The zero-order valence-corrected chi connectivity index (χ0v) is 21.5. The fourth-order valence-electron chi connectivity index (χ4n) is 2.60. The fraction of sp³-hybridized carbons (Fsp3) is 0.438. The van der Waals surface area contributed by atoms with Gasteiger partial charge in [0.25, 0.3) is 15.9 Å². The predicted octanol–water partition coefficient (Wildman–Crippen LogP) is 1.29. The maximum Gasteiger partial charge on any atom is 0.335 e. The number of methoxy groups -OCH3 is 2. The molecule has 0 saturated carbocycles. The predicted molar refractivity (Wildman–Crippen MR) is 124 cm³/mol. The second-order valence-electron chi connectivity index (χ2n) is 6.79. The molecule has 180 valence electrons. The van der Waals surface area contributed by atoms with E-state index in [1.54, 1.807) is 6.92 Å². The van der Waals surface area contributed by atoms with Crippen LogP contribution < -0.4 is 19.5 Å². The van der Waals surface area contributed by atoms with Gasteiger partial charge >= 0.3 is 6.03 Å². The molecule has 1 atom stereocenters. The van der Waals surface area contributed by atoms with Crippen LogP contribution in [0.5, 0.6) is 11.8 Å². The molecule has 3 heterocycles. The molecule has 0 aliphatic carbocycles. The zero-order valence-electron chi connectivity index (χ0n) is 17.7. The van der Waals surface area contributed by atoms with Crippen molar-refractivity contribution in [1.82, 2.24) is 24.5 Å². The summed E-state index contributed by atoms with van der Waals surface area (Å²) in [4.78, 5) is 25.5. The van der Waals surface area contributed by atoms with Gasteiger partial charge in [-0.15, -0.1) is 0 Å². The van der Waals surface area contributed by atoms with E-state index in [1.165, 1.54) is 27.3 Å². The number of amides is 2. The van der Waals surface area contributed by atoms with E-state index in [0.717, 1.165) is 4.68 Å². The lowest BCUT2D eigenvalue weighted by Crippen LogP contribution is -2.42. The van der Waals surface area contributed by atoms with Crippen LogP contribution in [0.3, 0.4) is 0 Å². The minimum absolute atomic E-state index is 0.0893. The van der Waals surface area contributed by atoms with Crippen LogP contribution in [0.15, 0.2) is 16.2 Å². The molecule has 1 aliphatic heterocycles. The van der Waals surface area contributed by atoms with Crippen LogP contribution >= 0.6 is 34.2 Å². The molecule has 2 N–H and O–H groups in total. The summed E-state index contributed by atoms with van der Waals surface area (Å²) in [6.45, 7) is 1.92. The highest BCUT2D eigenvalue weighted by atomic mass is 127. The van der Waals surface area contributed by atoms with Crippen LogP contribution in [-0.4, -0.2) is 71.0 Å². The Balaban J connectivity index is 1.90. The third-order valence-corrected chi connectivity index (χ3v) is 7.42. The molecule has 0 aromatic carbocycles. The number of carbonyl (C=O) groups is 1. The Hall–Kier alpha value is -2.60. The molecular formula is C16H19ClIN7O7S. The van der Waals surface area contributed by atoms with Crippen LogP contribution in [0.1, 0.15) is 12.5 Å². The number of alkyl halides is 1. The average Bonchev–Trinajstić information content (AvgIpc) is 3.07. The smallest absolute Gasteiger partial charge is 0.335 e. The highest BCUT2D eigenvalue weighted by molar-refractivity contribution is 14.1. The fourth-order valence-corrected chi connectivity index (χ4v) is 4.55. The maximum absolute atomic E-state index is 13.1. The molecule has 0 saturated heterocycles. The Morgan fingerprint density at radius 2 is 1.97 bits per heavy atom. The number of aryl methyl sites for hydroxylation is 1. The number of hydrogen-bond donors (Lipinski definition) is 2. The number of nitrogens with one attached hydrogen (secondary N) is 2. The van der Waals surface area contributed by atoms with E-state index in [9.17, 15) is 13.2 Å². The van der Waals surface area contributed by atoms with Crippen molar-refractivity contribution in [3.05, 3.63) is 16.8 Å². The van der Waals surface area contributed by atoms with E-state index in [-0.39, 0.29) is 40.9 Å². The van der Waals surface area contributed by atoms with E-state index in [0.29, 0.717) is 4.43 Å². The SMILES string of the molecule is COc1cc(OC)nc(NC(=O)NS(=O)(=O)c2c(C3=NOCC(C)(CI)O3)c(Cl)nn2C)n1. The number of rotatable bonds is 7. The molecule has 2 amide bonds. The molecule has 1 unspecified atom stereocenters. The molecule has 17 heteroatoms. The van der Waals surface area contributed by atoms with Crippen molar-refractivity contribution in [1.29, 1.82) is 0 Å². The number of nitrogens with zero attached hydrogens (tertiary/aromatic N) is 5. The summed E-state index contributed by atoms with van der Waals surface area (Å²) in [5, 5.41) is 9.24. The van der Waals surface area contributed by atoms with E-state index >= 15 is 0 Å². The summed E-state index contributed by atoms with van der Waals surface area (Å²) in [5.41, 5.74) is -0.930. The minimum atomic E-state index is -4.53. The first-order valence-electron chi connectivity index (χ1n) is 9.00. The second-order valence-corrected chi connectivity index (χ2v) is 9.50. The molecule has 2 aromatic heterocycles. The normalized spacial score (nSPS) is 17.9. The van der Waals surface area contributed by atoms with Crippen molar-refractivity contribution < 1.29 is 32.3 Å². The molecule has 0 spiro atoms. The van der Waals surface area contributed by atoms with E-state index in [4.69, 9.17) is 30.6 Å². The molecule has 0 radical (unpaired) electrons. The van der Waals surface area contributed by atoms with Gasteiger partial charge in [0.15, 0.2) is 22.4 Å². The number of ether oxygens (including phenoxy) is 3. The summed E-state index contributed by atoms with van der Waals surface area (Å²) in [5.74, 6) is -0.258. The van der Waals surface area contributed by atoms with Crippen molar-refractivity contribution in [2.24, 2.45) is 12.2 Å². The van der Waals surface area contributed by atoms with Crippen molar-refractivity contribution in [3.63, 3.8) is 0 Å². The quantitative estimate of drug-likeness (QED) is 0.342. The molecule has 33 heavy (non-hydrogen) atoms. The Labute approximate surface area is 207 Å². The molecule has 1 aliphatic rings. The number of urea groups is 1. The summed E-state index contributed by atoms with van der Waals surface area (Å²) < 4.78 is 45.3. The summed E-state index contributed by atoms with van der Waals surface area (Å²) in [7, 11) is -0.487. The van der Waals surface area contributed by atoms with Crippen LogP contribution in [-0.2, 0) is 26.6 Å². The van der Waals surface area contributed by atoms with Gasteiger partial charge in [0.2, 0.25) is 17.7 Å². The standard InChI is InChI=1S/C16H19ClIN7O7S/c1-16(6-18)7-31-23-12(32-16)10-11(17)22-25(2)13(10)33(27,28)24-15(26)21-14-19-8(29-3)5-9(20-14)30-4/h5H,6-7H2,1-4H3,(H2,19,20,21,24,26). The molecule has 3 rings (SSSR count). The van der Waals surface area contributed by atoms with Gasteiger partial charge in [0.05, 0.1) is 20.3 Å². The van der Waals surface area contributed by atoms with Crippen LogP contribution in [0.2, 0.25) is 5.15 Å². The Morgan fingerprint density at radius 1 is 1.33 bits per heavy atom. The van der Waals surface area contributed by atoms with Gasteiger partial charge in [0, 0.05) is 11.5 Å². The maximum atomic E-state index is 13.1. The van der Waals surface area contributed by atoms with Gasteiger partial charge in [-0.05, 0) is 12.1 Å². The molecule has 2 aromatic rings. The molecule has 0 fully saturated rings. The molecular weight excluding hydrogens is 597 g/mol. The summed E-state index contributed by atoms with van der Waals surface area (Å²) in [6, 6.07) is 0.216. The van der Waals surface area contributed by atoms with Crippen molar-refractivity contribution >= 4 is 62.1 Å². The van der Waals surface area contributed by atoms with Crippen LogP contribution in [0.4, 0.5) is 10.7 Å². The Kier molecular flexibility index (Phi) is 7.37. The highest BCUT2D eigenvalue weighted by Crippen LogP contribution is 2.29. The monoisotopic (exact) mass is 615 g/mol. The minimum Gasteiger partial charge on any atom is -0.481 e. The zero-order chi connectivity index (χ0) is 24.4. The number of anilines is 1. The van der Waals surface area contributed by atoms with Gasteiger partial charge in [-0.25, -0.2) is 9.52 Å². The Bertz CT molecular complexity index is 1180. The molecule has 0 bridgehead atoms. The third-order valence-electron chi connectivity index (χ3n) is 4.11. The van der Waals surface area contributed by atoms with Gasteiger partial charge in [-0.2, -0.15) is 23.5 Å². The first-order valence-corrected chi connectivity index (χ1v) is 12.4. The summed E-state index contributed by atoms with van der Waals surface area (Å²) in [6.07, 6.45) is 0. The number of aromatic nitrogens is 4. The molecule has 14 nitrogen and oxygen atoms in total. The number of sulfonamides is 1. The van der Waals surface area contributed by atoms with E-state index in [1.807, 2.05) is 4.72 Å². The second kappa shape index (κ2) is 9.72.